The van der Waals surface area contributed by atoms with E-state index in [1.165, 1.54) is 28.6 Å². The number of carbonyl (C=O) groups excluding carboxylic acids is 2. The summed E-state index contributed by atoms with van der Waals surface area (Å²) in [5.41, 5.74) is 1.29. The van der Waals surface area contributed by atoms with Gasteiger partial charge in [-0.3, -0.25) is 9.59 Å². The Labute approximate surface area is 173 Å². The number of hydrogen-bond acceptors (Lipinski definition) is 7. The van der Waals surface area contributed by atoms with E-state index in [-0.39, 0.29) is 16.9 Å². The molecule has 1 aliphatic rings. The summed E-state index contributed by atoms with van der Waals surface area (Å²) in [5.74, 6) is -1.02. The van der Waals surface area contributed by atoms with Gasteiger partial charge >= 0.3 is 5.97 Å². The lowest BCUT2D eigenvalue weighted by molar-refractivity contribution is -0.141. The molecule has 0 unspecified atom stereocenters. The highest BCUT2D eigenvalue weighted by Gasteiger charge is 2.27. The maximum Gasteiger partial charge on any atom is 0.312 e. The van der Waals surface area contributed by atoms with E-state index >= 15 is 0 Å². The Morgan fingerprint density at radius 2 is 1.73 bits per heavy atom. The van der Waals surface area contributed by atoms with E-state index < -0.39 is 28.4 Å². The number of esters is 1. The smallest absolute Gasteiger partial charge is 0.312 e. The zero-order valence-corrected chi connectivity index (χ0v) is 16.9. The molecule has 0 N–H and O–H groups in total. The number of carbonyl (C=O) groups is 2. The zero-order chi connectivity index (χ0) is 21.1. The highest BCUT2D eigenvalue weighted by atomic mass is 32.2. The molecule has 2 heterocycles. The number of rotatable bonds is 7. The molecule has 9 heteroatoms. The van der Waals surface area contributed by atoms with Gasteiger partial charge in [0.2, 0.25) is 10.0 Å². The third-order valence-electron chi connectivity index (χ3n) is 5.01. The third-order valence-corrected chi connectivity index (χ3v) is 6.92. The number of para-hydroxylation sites is 1. The van der Waals surface area contributed by atoms with Gasteiger partial charge in [0.25, 0.3) is 0 Å². The van der Waals surface area contributed by atoms with Crippen LogP contribution in [0.25, 0.3) is 11.0 Å². The first-order chi connectivity index (χ1) is 14.4. The highest BCUT2D eigenvalue weighted by molar-refractivity contribution is 7.89. The molecule has 0 atom stereocenters. The molecule has 2 aromatic carbocycles. The Balaban J connectivity index is 1.35. The van der Waals surface area contributed by atoms with Crippen LogP contribution in [0.1, 0.15) is 28.9 Å². The van der Waals surface area contributed by atoms with Gasteiger partial charge in [-0.1, -0.05) is 17.3 Å². The molecule has 0 radical (unpaired) electrons. The van der Waals surface area contributed by atoms with Crippen molar-refractivity contribution in [2.75, 3.05) is 19.7 Å². The number of ether oxygens (including phenoxy) is 1. The first-order valence-corrected chi connectivity index (χ1v) is 11.0. The number of sulfonamides is 1. The summed E-state index contributed by atoms with van der Waals surface area (Å²) in [4.78, 5) is 24.5. The molecule has 1 aromatic heterocycles. The van der Waals surface area contributed by atoms with Crippen LogP contribution in [0.15, 0.2) is 57.9 Å². The van der Waals surface area contributed by atoms with Crippen molar-refractivity contribution >= 4 is 32.7 Å². The van der Waals surface area contributed by atoms with Crippen molar-refractivity contribution in [3.63, 3.8) is 0 Å². The van der Waals surface area contributed by atoms with E-state index in [4.69, 9.17) is 9.26 Å². The van der Waals surface area contributed by atoms with E-state index in [0.717, 1.165) is 18.2 Å². The molecule has 8 nitrogen and oxygen atoms in total. The fourth-order valence-corrected chi connectivity index (χ4v) is 4.89. The molecule has 0 amide bonds. The van der Waals surface area contributed by atoms with E-state index in [1.54, 1.807) is 18.2 Å². The SMILES string of the molecule is O=C(Cc1noc2ccccc12)OCC(=O)c1ccc(S(=O)(=O)N2CCCC2)cc1. The monoisotopic (exact) mass is 428 g/mol. The average molecular weight is 428 g/mol. The lowest BCUT2D eigenvalue weighted by Gasteiger charge is -2.15. The molecule has 4 rings (SSSR count). The topological polar surface area (TPSA) is 107 Å². The van der Waals surface area contributed by atoms with Crippen molar-refractivity contribution in [3.8, 4) is 0 Å². The summed E-state index contributed by atoms with van der Waals surface area (Å²) in [5, 5.41) is 4.58. The molecule has 0 bridgehead atoms. The molecular weight excluding hydrogens is 408 g/mol. The number of aromatic nitrogens is 1. The van der Waals surface area contributed by atoms with Crippen LogP contribution in [0.3, 0.4) is 0 Å². The van der Waals surface area contributed by atoms with Crippen LogP contribution in [0.2, 0.25) is 0 Å². The van der Waals surface area contributed by atoms with Crippen molar-refractivity contribution in [1.82, 2.24) is 9.46 Å². The van der Waals surface area contributed by atoms with Crippen molar-refractivity contribution < 1.29 is 27.3 Å². The van der Waals surface area contributed by atoms with Crippen molar-refractivity contribution in [2.24, 2.45) is 0 Å². The Hall–Kier alpha value is -3.04. The second-order valence-electron chi connectivity index (χ2n) is 7.02. The molecule has 0 saturated carbocycles. The van der Waals surface area contributed by atoms with Crippen LogP contribution in [0, 0.1) is 0 Å². The molecule has 1 fully saturated rings. The normalized spacial score (nSPS) is 14.8. The minimum absolute atomic E-state index is 0.114. The van der Waals surface area contributed by atoms with Gasteiger partial charge in [-0.2, -0.15) is 4.31 Å². The standard InChI is InChI=1S/C21H20N2O6S/c24-19(14-28-21(25)13-18-17-5-1-2-6-20(17)29-22-18)15-7-9-16(10-8-15)30(26,27)23-11-3-4-12-23/h1-2,5-10H,3-4,11-14H2. The molecule has 1 aliphatic heterocycles. The van der Waals surface area contributed by atoms with Crippen molar-refractivity contribution in [1.29, 1.82) is 0 Å². The second-order valence-corrected chi connectivity index (χ2v) is 8.96. The summed E-state index contributed by atoms with van der Waals surface area (Å²) >= 11 is 0. The summed E-state index contributed by atoms with van der Waals surface area (Å²) in [7, 11) is -3.53. The van der Waals surface area contributed by atoms with Crippen LogP contribution >= 0.6 is 0 Å². The van der Waals surface area contributed by atoms with Crippen molar-refractivity contribution in [3.05, 3.63) is 59.8 Å². The molecule has 156 valence electrons. The Morgan fingerprint density at radius 1 is 1.03 bits per heavy atom. The average Bonchev–Trinajstić information content (AvgIpc) is 3.43. The molecule has 30 heavy (non-hydrogen) atoms. The first-order valence-electron chi connectivity index (χ1n) is 9.57. The quantitative estimate of drug-likeness (QED) is 0.420. The summed E-state index contributed by atoms with van der Waals surface area (Å²) in [6.45, 7) is 0.590. The fraction of sp³-hybridized carbons (Fsp3) is 0.286. The predicted octanol–water partition coefficient (Wildman–Crippen LogP) is 2.58. The maximum atomic E-state index is 12.5. The van der Waals surface area contributed by atoms with Crippen LogP contribution in [0.4, 0.5) is 0 Å². The van der Waals surface area contributed by atoms with Crippen LogP contribution in [-0.2, 0) is 26.0 Å². The van der Waals surface area contributed by atoms with E-state index in [9.17, 15) is 18.0 Å². The number of fused-ring (bicyclic) bond motifs is 1. The molecule has 0 spiro atoms. The van der Waals surface area contributed by atoms with Gasteiger partial charge in [0.1, 0.15) is 5.69 Å². The van der Waals surface area contributed by atoms with Gasteiger partial charge in [0.15, 0.2) is 18.0 Å². The Bertz CT molecular complexity index is 1180. The number of hydrogen-bond donors (Lipinski definition) is 0. The van der Waals surface area contributed by atoms with E-state index in [0.29, 0.717) is 24.4 Å². The van der Waals surface area contributed by atoms with Gasteiger partial charge in [-0.15, -0.1) is 0 Å². The minimum Gasteiger partial charge on any atom is -0.457 e. The van der Waals surface area contributed by atoms with E-state index in [1.807, 2.05) is 6.07 Å². The first kappa shape index (κ1) is 20.2. The fourth-order valence-electron chi connectivity index (χ4n) is 3.37. The molecule has 0 aliphatic carbocycles. The number of benzene rings is 2. The lowest BCUT2D eigenvalue weighted by Crippen LogP contribution is -2.27. The zero-order valence-electron chi connectivity index (χ0n) is 16.1. The minimum atomic E-state index is -3.53. The third kappa shape index (κ3) is 4.12. The van der Waals surface area contributed by atoms with Crippen molar-refractivity contribution in [2.45, 2.75) is 24.2 Å². The molecule has 1 saturated heterocycles. The number of Topliss-reactive ketones (excluding diaryl/α,β-unsaturated/α-hetero) is 1. The summed E-state index contributed by atoms with van der Waals surface area (Å²) in [6, 6.07) is 12.8. The van der Waals surface area contributed by atoms with Gasteiger partial charge in [0, 0.05) is 24.0 Å². The molecule has 3 aromatic rings. The summed E-state index contributed by atoms with van der Waals surface area (Å²) in [6.07, 6.45) is 1.59. The largest absolute Gasteiger partial charge is 0.457 e. The van der Waals surface area contributed by atoms with Gasteiger partial charge in [0.05, 0.1) is 11.3 Å². The number of nitrogens with zero attached hydrogens (tertiary/aromatic N) is 2. The van der Waals surface area contributed by atoms with E-state index in [2.05, 4.69) is 5.16 Å². The summed E-state index contributed by atoms with van der Waals surface area (Å²) < 4.78 is 36.7. The highest BCUT2D eigenvalue weighted by Crippen LogP contribution is 2.21. The number of ketones is 1. The predicted molar refractivity (Wildman–Crippen MR) is 107 cm³/mol. The van der Waals surface area contributed by atoms with Gasteiger partial charge < -0.3 is 9.26 Å². The van der Waals surface area contributed by atoms with Crippen LogP contribution < -0.4 is 0 Å². The maximum absolute atomic E-state index is 12.5. The van der Waals surface area contributed by atoms with Gasteiger partial charge in [-0.25, -0.2) is 8.42 Å². The van der Waals surface area contributed by atoms with Crippen LogP contribution in [-0.4, -0.2) is 49.3 Å². The Kier molecular flexibility index (Phi) is 5.65. The molecular formula is C21H20N2O6S. The van der Waals surface area contributed by atoms with Crippen LogP contribution in [0.5, 0.6) is 0 Å². The second kappa shape index (κ2) is 8.37. The lowest BCUT2D eigenvalue weighted by atomic mass is 10.1. The Morgan fingerprint density at radius 3 is 2.47 bits per heavy atom. The van der Waals surface area contributed by atoms with Gasteiger partial charge in [-0.05, 0) is 49.2 Å².